The number of amides is 1. The maximum atomic E-state index is 13.0. The summed E-state index contributed by atoms with van der Waals surface area (Å²) >= 11 is 0. The number of nitrogens with one attached hydrogen (secondary N) is 1. The Bertz CT molecular complexity index is 1060. The van der Waals surface area contributed by atoms with Crippen LogP contribution in [0.1, 0.15) is 30.7 Å². The minimum atomic E-state index is -0.336. The van der Waals surface area contributed by atoms with E-state index < -0.39 is 0 Å². The summed E-state index contributed by atoms with van der Waals surface area (Å²) in [5.74, 6) is 1.49. The monoisotopic (exact) mass is 455 g/mol. The molecule has 1 saturated heterocycles. The second kappa shape index (κ2) is 10.9. The van der Waals surface area contributed by atoms with Crippen molar-refractivity contribution >= 4 is 5.91 Å². The highest BCUT2D eigenvalue weighted by atomic mass is 19.1. The van der Waals surface area contributed by atoms with Gasteiger partial charge in [0, 0.05) is 31.6 Å². The number of rotatable bonds is 10. The average molecular weight is 455 g/mol. The van der Waals surface area contributed by atoms with Crippen LogP contribution in [0.25, 0.3) is 11.4 Å². The van der Waals surface area contributed by atoms with Gasteiger partial charge >= 0.3 is 0 Å². The van der Waals surface area contributed by atoms with Gasteiger partial charge in [-0.05, 0) is 54.8 Å². The number of benzene rings is 2. The van der Waals surface area contributed by atoms with E-state index in [2.05, 4.69) is 15.5 Å². The predicted octanol–water partition coefficient (Wildman–Crippen LogP) is 3.69. The van der Waals surface area contributed by atoms with Gasteiger partial charge < -0.3 is 24.1 Å². The van der Waals surface area contributed by atoms with E-state index in [4.69, 9.17) is 18.7 Å². The van der Waals surface area contributed by atoms with Gasteiger partial charge in [-0.2, -0.15) is 4.98 Å². The van der Waals surface area contributed by atoms with E-state index in [9.17, 15) is 9.18 Å². The minimum Gasteiger partial charge on any atom is -0.493 e. The summed E-state index contributed by atoms with van der Waals surface area (Å²) in [5, 5.41) is 6.76. The second-order valence-corrected chi connectivity index (χ2v) is 7.73. The molecule has 33 heavy (non-hydrogen) atoms. The predicted molar refractivity (Wildman–Crippen MR) is 117 cm³/mol. The van der Waals surface area contributed by atoms with Gasteiger partial charge in [0.15, 0.2) is 11.5 Å². The fraction of sp³-hybridized carbons (Fsp3) is 0.375. The molecule has 1 fully saturated rings. The van der Waals surface area contributed by atoms with Gasteiger partial charge in [-0.3, -0.25) is 4.79 Å². The molecule has 2 aromatic carbocycles. The Kier molecular flexibility index (Phi) is 7.51. The van der Waals surface area contributed by atoms with Crippen LogP contribution in [0, 0.1) is 5.82 Å². The van der Waals surface area contributed by atoms with Crippen LogP contribution in [0.5, 0.6) is 11.5 Å². The van der Waals surface area contributed by atoms with Gasteiger partial charge in [0.25, 0.3) is 0 Å². The highest BCUT2D eigenvalue weighted by Gasteiger charge is 2.17. The molecule has 1 amide bonds. The molecule has 8 nitrogen and oxygen atoms in total. The molecule has 1 N–H and O–H groups in total. The lowest BCUT2D eigenvalue weighted by Crippen LogP contribution is -2.23. The summed E-state index contributed by atoms with van der Waals surface area (Å²) in [7, 11) is 1.58. The summed E-state index contributed by atoms with van der Waals surface area (Å²) in [4.78, 5) is 16.5. The molecule has 2 heterocycles. The zero-order valence-corrected chi connectivity index (χ0v) is 18.4. The summed E-state index contributed by atoms with van der Waals surface area (Å²) in [6, 6.07) is 11.4. The van der Waals surface area contributed by atoms with E-state index >= 15 is 0 Å². The number of halogens is 1. The molecule has 174 valence electrons. The summed E-state index contributed by atoms with van der Waals surface area (Å²) in [6.45, 7) is 1.63. The topological polar surface area (TPSA) is 95.7 Å². The fourth-order valence-corrected chi connectivity index (χ4v) is 3.48. The van der Waals surface area contributed by atoms with Gasteiger partial charge in [0.1, 0.15) is 12.4 Å². The van der Waals surface area contributed by atoms with Crippen LogP contribution >= 0.6 is 0 Å². The summed E-state index contributed by atoms with van der Waals surface area (Å²) in [6.07, 6.45) is 2.69. The van der Waals surface area contributed by atoms with Crippen molar-refractivity contribution in [1.82, 2.24) is 15.5 Å². The van der Waals surface area contributed by atoms with Crippen molar-refractivity contribution in [2.75, 3.05) is 20.3 Å². The quantitative estimate of drug-likeness (QED) is 0.498. The third-order valence-electron chi connectivity index (χ3n) is 5.30. The normalized spacial score (nSPS) is 15.4. The summed E-state index contributed by atoms with van der Waals surface area (Å²) < 4.78 is 35.1. The number of nitrogens with zero attached hydrogens (tertiary/aromatic N) is 2. The highest BCUT2D eigenvalue weighted by Crippen LogP contribution is 2.29. The second-order valence-electron chi connectivity index (χ2n) is 7.73. The lowest BCUT2D eigenvalue weighted by molar-refractivity contribution is -0.121. The molecule has 1 unspecified atom stereocenters. The Morgan fingerprint density at radius 3 is 2.82 bits per heavy atom. The number of carbonyl (C=O) groups excluding carboxylic acids is 1. The Hall–Kier alpha value is -3.46. The lowest BCUT2D eigenvalue weighted by Gasteiger charge is -2.15. The van der Waals surface area contributed by atoms with Crippen LogP contribution in [-0.4, -0.2) is 42.5 Å². The van der Waals surface area contributed by atoms with Crippen molar-refractivity contribution in [3.63, 3.8) is 0 Å². The molecule has 1 aliphatic rings. The van der Waals surface area contributed by atoms with Crippen molar-refractivity contribution in [2.45, 2.75) is 38.3 Å². The first-order chi connectivity index (χ1) is 16.1. The molecular weight excluding hydrogens is 429 g/mol. The van der Waals surface area contributed by atoms with Crippen molar-refractivity contribution in [3.8, 4) is 22.9 Å². The molecule has 0 radical (unpaired) electrons. The minimum absolute atomic E-state index is 0.124. The van der Waals surface area contributed by atoms with Crippen LogP contribution in [0.4, 0.5) is 4.39 Å². The van der Waals surface area contributed by atoms with Gasteiger partial charge in [-0.15, -0.1) is 0 Å². The van der Waals surface area contributed by atoms with E-state index in [1.54, 1.807) is 19.2 Å². The molecule has 1 atom stereocenters. The third kappa shape index (κ3) is 6.29. The van der Waals surface area contributed by atoms with Crippen LogP contribution < -0.4 is 14.8 Å². The molecular formula is C24H26FN3O5. The van der Waals surface area contributed by atoms with Crippen molar-refractivity contribution in [2.24, 2.45) is 0 Å². The molecule has 0 saturated carbocycles. The first-order valence-corrected chi connectivity index (χ1v) is 10.9. The van der Waals surface area contributed by atoms with E-state index in [1.165, 1.54) is 12.1 Å². The molecule has 0 bridgehead atoms. The van der Waals surface area contributed by atoms with E-state index in [-0.39, 0.29) is 24.2 Å². The van der Waals surface area contributed by atoms with Crippen molar-refractivity contribution in [3.05, 3.63) is 59.7 Å². The molecule has 3 aromatic rings. The first-order valence-electron chi connectivity index (χ1n) is 10.9. The average Bonchev–Trinajstić information content (AvgIpc) is 3.53. The van der Waals surface area contributed by atoms with E-state index in [0.29, 0.717) is 48.4 Å². The SMILES string of the molecule is COc1cc(CNC(=O)CCc2nc(-c3ccc(F)cc3)no2)ccc1OCC1CCCO1. The number of hydrogen-bond donors (Lipinski definition) is 1. The Morgan fingerprint density at radius 2 is 2.06 bits per heavy atom. The van der Waals surface area contributed by atoms with Gasteiger partial charge in [-0.25, -0.2) is 4.39 Å². The number of methoxy groups -OCH3 is 1. The Labute approximate surface area is 191 Å². The van der Waals surface area contributed by atoms with Crippen molar-refractivity contribution < 1.29 is 27.9 Å². The third-order valence-corrected chi connectivity index (χ3v) is 5.30. The maximum absolute atomic E-state index is 13.0. The number of ether oxygens (including phenoxy) is 3. The number of aryl methyl sites for hydroxylation is 1. The van der Waals surface area contributed by atoms with Gasteiger partial charge in [0.05, 0.1) is 13.2 Å². The maximum Gasteiger partial charge on any atom is 0.227 e. The van der Waals surface area contributed by atoms with Crippen LogP contribution in [0.15, 0.2) is 47.0 Å². The highest BCUT2D eigenvalue weighted by molar-refractivity contribution is 5.76. The smallest absolute Gasteiger partial charge is 0.227 e. The van der Waals surface area contributed by atoms with E-state index in [0.717, 1.165) is 25.0 Å². The van der Waals surface area contributed by atoms with Crippen LogP contribution in [-0.2, 0) is 22.5 Å². The largest absolute Gasteiger partial charge is 0.493 e. The van der Waals surface area contributed by atoms with Crippen LogP contribution in [0.2, 0.25) is 0 Å². The lowest BCUT2D eigenvalue weighted by atomic mass is 10.2. The zero-order valence-electron chi connectivity index (χ0n) is 18.4. The number of carbonyl (C=O) groups is 1. The van der Waals surface area contributed by atoms with E-state index in [1.807, 2.05) is 18.2 Å². The van der Waals surface area contributed by atoms with Gasteiger partial charge in [0.2, 0.25) is 17.6 Å². The molecule has 0 aliphatic carbocycles. The Balaban J connectivity index is 1.24. The van der Waals surface area contributed by atoms with Gasteiger partial charge in [-0.1, -0.05) is 11.2 Å². The molecule has 1 aromatic heterocycles. The zero-order chi connectivity index (χ0) is 23.0. The van der Waals surface area contributed by atoms with Crippen molar-refractivity contribution in [1.29, 1.82) is 0 Å². The number of hydrogen-bond acceptors (Lipinski definition) is 7. The molecule has 9 heteroatoms. The Morgan fingerprint density at radius 1 is 1.21 bits per heavy atom. The first kappa shape index (κ1) is 22.7. The fourth-order valence-electron chi connectivity index (χ4n) is 3.48. The molecule has 1 aliphatic heterocycles. The van der Waals surface area contributed by atoms with Crippen LogP contribution in [0.3, 0.4) is 0 Å². The summed E-state index contributed by atoms with van der Waals surface area (Å²) in [5.41, 5.74) is 1.54. The molecule has 0 spiro atoms. The number of aromatic nitrogens is 2. The standard InChI is InChI=1S/C24H26FN3O5/c1-30-21-13-16(4-9-20(21)32-15-19-3-2-12-31-19)14-26-22(29)10-11-23-27-24(28-33-23)17-5-7-18(25)8-6-17/h4-9,13,19H,2-3,10-12,14-15H2,1H3,(H,26,29). The molecule has 4 rings (SSSR count).